The van der Waals surface area contributed by atoms with E-state index in [1.54, 1.807) is 7.05 Å². The van der Waals surface area contributed by atoms with Gasteiger partial charge in [-0.15, -0.1) is 0 Å². The van der Waals surface area contributed by atoms with E-state index in [0.717, 1.165) is 36.0 Å². The van der Waals surface area contributed by atoms with Gasteiger partial charge in [-0.1, -0.05) is 28.1 Å². The Balaban J connectivity index is 2.20. The first kappa shape index (κ1) is 17.0. The number of nitrogens with zero attached hydrogens (tertiary/aromatic N) is 2. The van der Waals surface area contributed by atoms with Gasteiger partial charge < -0.3 is 10.0 Å². The Kier molecular flexibility index (Phi) is 5.97. The fourth-order valence-corrected chi connectivity index (χ4v) is 3.19. The van der Waals surface area contributed by atoms with Crippen LogP contribution in [-0.2, 0) is 9.59 Å². The van der Waals surface area contributed by atoms with Crippen LogP contribution in [-0.4, -0.2) is 53.5 Å². The average Bonchev–Trinajstić information content (AvgIpc) is 2.99. The van der Waals surface area contributed by atoms with Gasteiger partial charge in [-0.25, -0.2) is 0 Å². The number of halogens is 1. The number of benzene rings is 1. The summed E-state index contributed by atoms with van der Waals surface area (Å²) in [5.41, 5.74) is 0.948. The first-order valence-electron chi connectivity index (χ1n) is 7.45. The average molecular weight is 369 g/mol. The highest BCUT2D eigenvalue weighted by Crippen LogP contribution is 2.28. The normalized spacial score (nSPS) is 16.5. The van der Waals surface area contributed by atoms with Crippen molar-refractivity contribution in [1.29, 1.82) is 0 Å². The summed E-state index contributed by atoms with van der Waals surface area (Å²) in [7, 11) is 1.67. The predicted octanol–water partition coefficient (Wildman–Crippen LogP) is 2.52. The Morgan fingerprint density at radius 1 is 1.36 bits per heavy atom. The number of carboxylic acid groups (broad SMARTS) is 1. The Morgan fingerprint density at radius 2 is 2.05 bits per heavy atom. The minimum absolute atomic E-state index is 0.0343. The van der Waals surface area contributed by atoms with Crippen LogP contribution in [0, 0.1) is 0 Å². The van der Waals surface area contributed by atoms with Gasteiger partial charge in [0.1, 0.15) is 6.04 Å². The van der Waals surface area contributed by atoms with E-state index in [1.807, 2.05) is 24.3 Å². The van der Waals surface area contributed by atoms with E-state index in [4.69, 9.17) is 5.11 Å². The largest absolute Gasteiger partial charge is 0.481 e. The number of rotatable bonds is 6. The van der Waals surface area contributed by atoms with Crippen molar-refractivity contribution in [2.45, 2.75) is 25.3 Å². The van der Waals surface area contributed by atoms with E-state index >= 15 is 0 Å². The molecule has 1 amide bonds. The fraction of sp³-hybridized carbons (Fsp3) is 0.500. The topological polar surface area (TPSA) is 60.9 Å². The van der Waals surface area contributed by atoms with Crippen molar-refractivity contribution in [1.82, 2.24) is 9.80 Å². The lowest BCUT2D eigenvalue weighted by atomic mass is 10.0. The van der Waals surface area contributed by atoms with Crippen molar-refractivity contribution in [2.75, 3.05) is 26.7 Å². The molecule has 0 aliphatic carbocycles. The molecule has 0 saturated carbocycles. The second-order valence-electron chi connectivity index (χ2n) is 5.60. The van der Waals surface area contributed by atoms with Gasteiger partial charge in [-0.2, -0.15) is 0 Å². The first-order valence-corrected chi connectivity index (χ1v) is 8.24. The van der Waals surface area contributed by atoms with Crippen LogP contribution in [0.4, 0.5) is 0 Å². The molecule has 6 heteroatoms. The summed E-state index contributed by atoms with van der Waals surface area (Å²) < 4.78 is 0.940. The highest BCUT2D eigenvalue weighted by atomic mass is 79.9. The third-order valence-corrected chi connectivity index (χ3v) is 4.43. The van der Waals surface area contributed by atoms with Crippen LogP contribution < -0.4 is 0 Å². The Bertz CT molecular complexity index is 544. The zero-order valence-corrected chi connectivity index (χ0v) is 14.3. The molecule has 1 aromatic rings. The lowest BCUT2D eigenvalue weighted by Gasteiger charge is -2.30. The number of carbonyl (C=O) groups excluding carboxylic acids is 1. The van der Waals surface area contributed by atoms with Crippen LogP contribution in [0.15, 0.2) is 28.7 Å². The van der Waals surface area contributed by atoms with Gasteiger partial charge in [0.15, 0.2) is 0 Å². The molecule has 1 fully saturated rings. The summed E-state index contributed by atoms with van der Waals surface area (Å²) in [5, 5.41) is 8.79. The van der Waals surface area contributed by atoms with Crippen molar-refractivity contribution in [3.8, 4) is 0 Å². The van der Waals surface area contributed by atoms with E-state index < -0.39 is 5.97 Å². The molecule has 1 aliphatic rings. The molecule has 1 heterocycles. The van der Waals surface area contributed by atoms with E-state index in [1.165, 1.54) is 4.90 Å². The summed E-state index contributed by atoms with van der Waals surface area (Å²) in [6.45, 7) is 2.03. The number of likely N-dealkylation sites (N-methyl/N-ethyl adjacent to an activating group) is 1. The lowest BCUT2D eigenvalue weighted by Crippen LogP contribution is -2.41. The van der Waals surface area contributed by atoms with Crippen molar-refractivity contribution >= 4 is 27.8 Å². The molecule has 120 valence electrons. The van der Waals surface area contributed by atoms with E-state index in [0.29, 0.717) is 0 Å². The maximum absolute atomic E-state index is 12.8. The number of likely N-dealkylation sites (tertiary alicyclic amines) is 1. The van der Waals surface area contributed by atoms with Crippen LogP contribution in [0.2, 0.25) is 0 Å². The van der Waals surface area contributed by atoms with E-state index in [2.05, 4.69) is 20.8 Å². The monoisotopic (exact) mass is 368 g/mol. The third kappa shape index (κ3) is 4.30. The summed E-state index contributed by atoms with van der Waals surface area (Å²) >= 11 is 3.45. The van der Waals surface area contributed by atoms with Gasteiger partial charge in [0, 0.05) is 18.1 Å². The number of carboxylic acids is 1. The van der Waals surface area contributed by atoms with E-state index in [9.17, 15) is 9.59 Å². The number of aliphatic carboxylic acids is 1. The molecule has 0 aromatic heterocycles. The quantitative estimate of drug-likeness (QED) is 0.837. The predicted molar refractivity (Wildman–Crippen MR) is 87.6 cm³/mol. The third-order valence-electron chi connectivity index (χ3n) is 3.94. The van der Waals surface area contributed by atoms with Crippen molar-refractivity contribution in [3.63, 3.8) is 0 Å². The van der Waals surface area contributed by atoms with Gasteiger partial charge in [-0.3, -0.25) is 14.5 Å². The number of hydrogen-bond acceptors (Lipinski definition) is 3. The second kappa shape index (κ2) is 7.74. The first-order chi connectivity index (χ1) is 10.5. The van der Waals surface area contributed by atoms with Gasteiger partial charge in [0.25, 0.3) is 0 Å². The molecule has 2 rings (SSSR count). The molecule has 0 bridgehead atoms. The van der Waals surface area contributed by atoms with Crippen LogP contribution in [0.25, 0.3) is 0 Å². The maximum atomic E-state index is 12.8. The molecule has 1 aromatic carbocycles. The Labute approximate surface area is 139 Å². The summed E-state index contributed by atoms with van der Waals surface area (Å²) in [5.74, 6) is -0.930. The van der Waals surface area contributed by atoms with Crippen LogP contribution in [0.5, 0.6) is 0 Å². The highest BCUT2D eigenvalue weighted by Gasteiger charge is 2.31. The molecule has 1 saturated heterocycles. The molecule has 1 unspecified atom stereocenters. The summed E-state index contributed by atoms with van der Waals surface area (Å²) in [6.07, 6.45) is 2.15. The molecule has 1 atom stereocenters. The van der Waals surface area contributed by atoms with Crippen LogP contribution in [0.1, 0.15) is 30.9 Å². The van der Waals surface area contributed by atoms with Crippen molar-refractivity contribution < 1.29 is 14.7 Å². The van der Waals surface area contributed by atoms with Gasteiger partial charge in [0.2, 0.25) is 5.91 Å². The SMILES string of the molecule is CN(CCC(=O)O)C(=O)C(c1cccc(Br)c1)N1CCCC1. The van der Waals surface area contributed by atoms with Gasteiger partial charge in [-0.05, 0) is 43.6 Å². The van der Waals surface area contributed by atoms with Crippen LogP contribution in [0.3, 0.4) is 0 Å². The van der Waals surface area contributed by atoms with Gasteiger partial charge in [0.05, 0.1) is 6.42 Å². The zero-order valence-electron chi connectivity index (χ0n) is 12.7. The number of amides is 1. The molecule has 22 heavy (non-hydrogen) atoms. The standard InChI is InChI=1S/C16H21BrN2O3/c1-18(10-7-14(20)21)16(22)15(19-8-2-3-9-19)12-5-4-6-13(17)11-12/h4-6,11,15H,2-3,7-10H2,1H3,(H,20,21). The Hall–Kier alpha value is -1.40. The zero-order chi connectivity index (χ0) is 16.1. The van der Waals surface area contributed by atoms with Crippen molar-refractivity contribution in [2.24, 2.45) is 0 Å². The summed E-state index contributed by atoms with van der Waals surface area (Å²) in [4.78, 5) is 27.3. The lowest BCUT2D eigenvalue weighted by molar-refractivity contribution is -0.139. The molecular weight excluding hydrogens is 348 g/mol. The molecule has 5 nitrogen and oxygen atoms in total. The minimum atomic E-state index is -0.889. The van der Waals surface area contributed by atoms with Crippen LogP contribution >= 0.6 is 15.9 Å². The molecule has 0 radical (unpaired) electrons. The van der Waals surface area contributed by atoms with Crippen molar-refractivity contribution in [3.05, 3.63) is 34.3 Å². The van der Waals surface area contributed by atoms with E-state index in [-0.39, 0.29) is 24.9 Å². The maximum Gasteiger partial charge on any atom is 0.305 e. The highest BCUT2D eigenvalue weighted by molar-refractivity contribution is 9.10. The number of carbonyl (C=O) groups is 2. The molecule has 1 aliphatic heterocycles. The molecular formula is C16H21BrN2O3. The minimum Gasteiger partial charge on any atom is -0.481 e. The fourth-order valence-electron chi connectivity index (χ4n) is 2.77. The van der Waals surface area contributed by atoms with Gasteiger partial charge >= 0.3 is 5.97 Å². The smallest absolute Gasteiger partial charge is 0.305 e. The molecule has 0 spiro atoms. The number of hydrogen-bond donors (Lipinski definition) is 1. The molecule has 1 N–H and O–H groups in total. The summed E-state index contributed by atoms with van der Waals surface area (Å²) in [6, 6.07) is 7.44. The second-order valence-corrected chi connectivity index (χ2v) is 6.52. The Morgan fingerprint density at radius 3 is 2.64 bits per heavy atom.